The summed E-state index contributed by atoms with van der Waals surface area (Å²) in [5, 5.41) is 45.3. The van der Waals surface area contributed by atoms with Crippen LogP contribution < -0.4 is 4.74 Å². The molecule has 1 aliphatic rings. The molecule has 0 heterocycles. The molecule has 0 unspecified atom stereocenters. The molecule has 0 atom stereocenters. The zero-order chi connectivity index (χ0) is 42.8. The van der Waals surface area contributed by atoms with E-state index < -0.39 is 42.6 Å². The number of aryl methyl sites for hydroxylation is 4. The van der Waals surface area contributed by atoms with Crippen molar-refractivity contribution in [2.75, 3.05) is 6.61 Å². The highest BCUT2D eigenvalue weighted by molar-refractivity contribution is 7.86. The average Bonchev–Trinajstić information content (AvgIpc) is 3.19. The molecular weight excluding hydrogens is 809 g/mol. The summed E-state index contributed by atoms with van der Waals surface area (Å²) in [4.78, 5) is 10.9. The van der Waals surface area contributed by atoms with Crippen molar-refractivity contribution in [2.24, 2.45) is 0 Å². The lowest BCUT2D eigenvalue weighted by Crippen LogP contribution is -2.13. The first-order valence-corrected chi connectivity index (χ1v) is 21.9. The first kappa shape index (κ1) is 42.0. The summed E-state index contributed by atoms with van der Waals surface area (Å²) in [6.07, 6.45) is 1.18. The van der Waals surface area contributed by atoms with E-state index in [0.717, 1.165) is 41.0 Å². The molecule has 6 aromatic carbocycles. The van der Waals surface area contributed by atoms with Gasteiger partial charge in [0.1, 0.15) is 23.0 Å². The molecule has 310 valence electrons. The van der Waals surface area contributed by atoms with E-state index in [0.29, 0.717) is 42.4 Å². The molecule has 60 heavy (non-hydrogen) atoms. The third kappa shape index (κ3) is 9.80. The molecule has 0 saturated carbocycles. The number of benzene rings is 6. The third-order valence-electron chi connectivity index (χ3n) is 10.7. The highest BCUT2D eigenvalue weighted by atomic mass is 32.2. The summed E-state index contributed by atoms with van der Waals surface area (Å²) in [5.74, 6) is -2.21. The average molecular weight is 851 g/mol. The fraction of sp³-hybridized carbons (Fsp3) is 0.196. The van der Waals surface area contributed by atoms with Gasteiger partial charge in [-0.15, -0.1) is 0 Å². The molecule has 12 nitrogen and oxygen atoms in total. The predicted octanol–water partition coefficient (Wildman–Crippen LogP) is 7.01. The van der Waals surface area contributed by atoms with Gasteiger partial charge in [0.15, 0.2) is 6.61 Å². The molecule has 7 rings (SSSR count). The van der Waals surface area contributed by atoms with Gasteiger partial charge in [0.05, 0.1) is 9.79 Å². The molecule has 0 aromatic heterocycles. The van der Waals surface area contributed by atoms with Crippen LogP contribution in [0.25, 0.3) is 0 Å². The Morgan fingerprint density at radius 3 is 1.10 bits per heavy atom. The molecule has 0 aliphatic heterocycles. The van der Waals surface area contributed by atoms with E-state index in [1.807, 2.05) is 60.7 Å². The lowest BCUT2D eigenvalue weighted by molar-refractivity contribution is -0.139. The number of phenolic OH excluding ortho intramolecular Hbond substituents is 3. The van der Waals surface area contributed by atoms with Crippen LogP contribution >= 0.6 is 0 Å². The van der Waals surface area contributed by atoms with Crippen molar-refractivity contribution < 1.29 is 55.9 Å². The highest BCUT2D eigenvalue weighted by Gasteiger charge is 2.26. The number of ether oxygens (including phenoxy) is 1. The Bertz CT molecular complexity index is 2690. The van der Waals surface area contributed by atoms with Crippen molar-refractivity contribution in [3.8, 4) is 23.0 Å². The number of carboxylic acid groups (broad SMARTS) is 1. The lowest BCUT2D eigenvalue weighted by atomic mass is 9.88. The SMILES string of the molecule is O=C(O)COc1c2cc(CCc3ccccc3)cc1Cc1cc(S(=O)(=O)O)cc(c1O)Cc1cc(CCc3ccccc3)cc(c1O)Cc1cc(S(=O)(=O)O)cc(c1O)C2. The standard InChI is InChI=1S/C46H42O12S2/c47-42(48)27-58-46-38-17-31(14-12-29-9-5-2-6-10-29)18-39(46)22-37-26-41(60(55,56)57)24-35(45(37)51)20-33-16-30(13-11-28-7-3-1-4-8-28)15-32(43(33)49)19-34-23-40(59(52,53)54)25-36(21-38)44(34)50/h1-10,15-18,23-26,49-51H,11-14,19-22,27H2,(H,47,48)(H,52,53,54)(H,55,56,57). The summed E-state index contributed by atoms with van der Waals surface area (Å²) >= 11 is 0. The van der Waals surface area contributed by atoms with Crippen LogP contribution in [0.15, 0.2) is 119 Å². The van der Waals surface area contributed by atoms with Gasteiger partial charge in [-0.05, 0) is 94.5 Å². The number of rotatable bonds is 11. The molecule has 0 spiro atoms. The van der Waals surface area contributed by atoms with E-state index in [-0.39, 0.29) is 82.1 Å². The normalized spacial score (nSPS) is 12.8. The van der Waals surface area contributed by atoms with Crippen molar-refractivity contribution in [3.05, 3.63) is 176 Å². The van der Waals surface area contributed by atoms with Gasteiger partial charge in [-0.1, -0.05) is 84.9 Å². The summed E-state index contributed by atoms with van der Waals surface area (Å²) in [6, 6.07) is 30.6. The smallest absolute Gasteiger partial charge is 0.341 e. The van der Waals surface area contributed by atoms with Crippen molar-refractivity contribution in [2.45, 2.75) is 61.2 Å². The summed E-state index contributed by atoms with van der Waals surface area (Å²) < 4.78 is 77.5. The molecule has 8 bridgehead atoms. The second-order valence-corrected chi connectivity index (χ2v) is 17.8. The minimum absolute atomic E-state index is 0.0234. The molecule has 14 heteroatoms. The van der Waals surface area contributed by atoms with Crippen molar-refractivity contribution in [1.82, 2.24) is 0 Å². The monoisotopic (exact) mass is 850 g/mol. The first-order valence-electron chi connectivity index (χ1n) is 19.1. The van der Waals surface area contributed by atoms with Crippen LogP contribution in [0, 0.1) is 0 Å². The molecule has 1 aliphatic carbocycles. The van der Waals surface area contributed by atoms with Gasteiger partial charge in [0.25, 0.3) is 20.2 Å². The number of fused-ring (bicyclic) bond motifs is 8. The maximum Gasteiger partial charge on any atom is 0.341 e. The van der Waals surface area contributed by atoms with Crippen LogP contribution in [0.5, 0.6) is 23.0 Å². The Balaban J connectivity index is 1.48. The van der Waals surface area contributed by atoms with Crippen LogP contribution in [0.1, 0.15) is 66.8 Å². The Hall–Kier alpha value is -6.19. The van der Waals surface area contributed by atoms with E-state index in [4.69, 9.17) is 4.74 Å². The molecule has 6 N–H and O–H groups in total. The fourth-order valence-corrected chi connectivity index (χ4v) is 8.94. The molecule has 0 fully saturated rings. The third-order valence-corrected chi connectivity index (χ3v) is 12.3. The minimum atomic E-state index is -4.84. The van der Waals surface area contributed by atoms with Gasteiger partial charge in [0, 0.05) is 47.9 Å². The van der Waals surface area contributed by atoms with Gasteiger partial charge >= 0.3 is 5.97 Å². The largest absolute Gasteiger partial charge is 0.507 e. The van der Waals surface area contributed by atoms with Crippen molar-refractivity contribution in [1.29, 1.82) is 0 Å². The van der Waals surface area contributed by atoms with Gasteiger partial charge in [-0.3, -0.25) is 9.11 Å². The van der Waals surface area contributed by atoms with E-state index in [9.17, 15) is 51.2 Å². The Morgan fingerprint density at radius 2 is 0.767 bits per heavy atom. The number of aliphatic carboxylic acids is 1. The van der Waals surface area contributed by atoms with Crippen LogP contribution in [0.3, 0.4) is 0 Å². The van der Waals surface area contributed by atoms with E-state index in [1.54, 1.807) is 24.3 Å². The van der Waals surface area contributed by atoms with Crippen LogP contribution in [0.2, 0.25) is 0 Å². The quantitative estimate of drug-likeness (QED) is 0.0725. The number of aromatic hydroxyl groups is 3. The van der Waals surface area contributed by atoms with Crippen LogP contribution in [0.4, 0.5) is 0 Å². The zero-order valence-electron chi connectivity index (χ0n) is 32.2. The Kier molecular flexibility index (Phi) is 12.0. The number of carboxylic acids is 1. The molecule has 0 saturated heterocycles. The summed E-state index contributed by atoms with van der Waals surface area (Å²) in [6.45, 7) is -0.811. The number of hydrogen-bond donors (Lipinski definition) is 6. The van der Waals surface area contributed by atoms with Crippen LogP contribution in [-0.2, 0) is 76.4 Å². The molecule has 6 aromatic rings. The number of carbonyl (C=O) groups is 1. The van der Waals surface area contributed by atoms with E-state index in [2.05, 4.69) is 0 Å². The highest BCUT2D eigenvalue weighted by Crippen LogP contribution is 2.40. The predicted molar refractivity (Wildman–Crippen MR) is 222 cm³/mol. The lowest BCUT2D eigenvalue weighted by Gasteiger charge is -2.21. The first-order chi connectivity index (χ1) is 28.5. The maximum absolute atomic E-state index is 12.7. The second-order valence-electron chi connectivity index (χ2n) is 15.0. The maximum atomic E-state index is 12.7. The van der Waals surface area contributed by atoms with Gasteiger partial charge in [-0.25, -0.2) is 4.79 Å². The fourth-order valence-electron chi connectivity index (χ4n) is 7.78. The number of phenols is 3. The van der Waals surface area contributed by atoms with Crippen LogP contribution in [-0.4, -0.2) is 58.9 Å². The number of hydrogen-bond acceptors (Lipinski definition) is 9. The van der Waals surface area contributed by atoms with Gasteiger partial charge in [-0.2, -0.15) is 16.8 Å². The zero-order valence-corrected chi connectivity index (χ0v) is 33.8. The molecular formula is C46H42O12S2. The molecule has 0 amide bonds. The van der Waals surface area contributed by atoms with Gasteiger partial charge in [0.2, 0.25) is 0 Å². The van der Waals surface area contributed by atoms with Crippen molar-refractivity contribution >= 4 is 26.2 Å². The van der Waals surface area contributed by atoms with E-state index >= 15 is 0 Å². The Labute approximate surface area is 347 Å². The summed E-state index contributed by atoms with van der Waals surface area (Å²) in [7, 11) is -9.68. The Morgan fingerprint density at radius 1 is 0.467 bits per heavy atom. The summed E-state index contributed by atoms with van der Waals surface area (Å²) in [5.41, 5.74) is 4.82. The van der Waals surface area contributed by atoms with E-state index in [1.165, 1.54) is 0 Å². The van der Waals surface area contributed by atoms with Gasteiger partial charge < -0.3 is 25.2 Å². The second kappa shape index (κ2) is 17.2. The topological polar surface area (TPSA) is 216 Å². The molecule has 0 radical (unpaired) electrons. The van der Waals surface area contributed by atoms with Crippen molar-refractivity contribution in [3.63, 3.8) is 0 Å². The minimum Gasteiger partial charge on any atom is -0.507 e.